The second-order valence-electron chi connectivity index (χ2n) is 7.63. The molecule has 1 fully saturated rings. The zero-order chi connectivity index (χ0) is 27.4. The number of rotatable bonds is 11. The molecule has 5 N–H and O–H groups in total. The Kier molecular flexibility index (Phi) is 10.9. The van der Waals surface area contributed by atoms with Crippen molar-refractivity contribution in [2.75, 3.05) is 24.6 Å². The number of aliphatic carboxylic acids is 2. The maximum Gasteiger partial charge on any atom is 0.313 e. The number of esters is 1. The van der Waals surface area contributed by atoms with E-state index in [4.69, 9.17) is 30.9 Å². The van der Waals surface area contributed by atoms with Crippen molar-refractivity contribution in [2.45, 2.75) is 32.8 Å². The molecule has 0 amide bonds. The molecule has 0 aliphatic carbocycles. The molecule has 1 saturated heterocycles. The van der Waals surface area contributed by atoms with E-state index in [2.05, 4.69) is 15.1 Å². The number of nitrogens with two attached hydrogens (primary N) is 1. The predicted molar refractivity (Wildman–Crippen MR) is 130 cm³/mol. The van der Waals surface area contributed by atoms with Gasteiger partial charge in [-0.25, -0.2) is 14.4 Å². The maximum atomic E-state index is 14.8. The second kappa shape index (κ2) is 14.1. The Morgan fingerprint density at radius 1 is 1.16 bits per heavy atom. The molecule has 0 unspecified atom stereocenters. The molecule has 0 atom stereocenters. The average Bonchev–Trinajstić information content (AvgIpc) is 2.82. The van der Waals surface area contributed by atoms with Crippen molar-refractivity contribution in [3.05, 3.63) is 42.0 Å². The van der Waals surface area contributed by atoms with Gasteiger partial charge < -0.3 is 30.4 Å². The number of aromatic nitrogens is 2. The first-order valence-electron chi connectivity index (χ1n) is 11.0. The summed E-state index contributed by atoms with van der Waals surface area (Å²) in [7, 11) is 0. The van der Waals surface area contributed by atoms with Crippen LogP contribution >= 0.6 is 0 Å². The second-order valence-corrected chi connectivity index (χ2v) is 7.63. The Balaban J connectivity index is 0.000000521. The molecule has 14 heteroatoms. The molecule has 0 spiro atoms. The summed E-state index contributed by atoms with van der Waals surface area (Å²) in [5, 5.41) is 26.8. The molecule has 1 aromatic heterocycles. The average molecular weight is 519 g/mol. The van der Waals surface area contributed by atoms with Gasteiger partial charge in [0.05, 0.1) is 31.6 Å². The van der Waals surface area contributed by atoms with Crippen LogP contribution in [0.4, 0.5) is 10.3 Å². The van der Waals surface area contributed by atoms with Crippen LogP contribution in [0.1, 0.15) is 31.7 Å². The molecule has 1 aliphatic heterocycles. The Morgan fingerprint density at radius 3 is 2.32 bits per heavy atom. The molecule has 3 rings (SSSR count). The largest absolute Gasteiger partial charge is 0.481 e. The molecule has 2 aromatic rings. The van der Waals surface area contributed by atoms with E-state index in [1.165, 1.54) is 6.07 Å². The van der Waals surface area contributed by atoms with E-state index in [0.717, 1.165) is 5.71 Å². The Bertz CT molecular complexity index is 1130. The fraction of sp³-hybridized carbons (Fsp3) is 0.348. The summed E-state index contributed by atoms with van der Waals surface area (Å²) < 4.78 is 19.8. The molecule has 1 aliphatic rings. The zero-order valence-electron chi connectivity index (χ0n) is 20.0. The highest BCUT2D eigenvalue weighted by atomic mass is 19.1. The van der Waals surface area contributed by atoms with Crippen molar-refractivity contribution < 1.29 is 38.6 Å². The Labute approximate surface area is 211 Å². The van der Waals surface area contributed by atoms with Gasteiger partial charge in [0.2, 0.25) is 5.95 Å². The third kappa shape index (κ3) is 9.51. The van der Waals surface area contributed by atoms with Crippen LogP contribution in [0.2, 0.25) is 0 Å². The number of nitrogens with zero attached hydrogens (tertiary/aromatic N) is 4. The fourth-order valence-corrected chi connectivity index (χ4v) is 2.87. The van der Waals surface area contributed by atoms with Gasteiger partial charge in [0.1, 0.15) is 31.3 Å². The molecular formula is C23H27FN6O7. The fourth-order valence-electron chi connectivity index (χ4n) is 2.87. The number of hydrogen-bond acceptors (Lipinski definition) is 10. The lowest BCUT2D eigenvalue weighted by atomic mass is 10.1. The first kappa shape index (κ1) is 28.6. The lowest BCUT2D eigenvalue weighted by molar-refractivity contribution is -0.143. The number of carbonyl (C=O) groups excluding carboxylic acids is 1. The van der Waals surface area contributed by atoms with Gasteiger partial charge in [-0.2, -0.15) is 0 Å². The topological polar surface area (TPSA) is 201 Å². The number of ether oxygens (including phenoxy) is 1. The number of anilines is 1. The van der Waals surface area contributed by atoms with E-state index in [1.54, 1.807) is 24.5 Å². The third-order valence-electron chi connectivity index (χ3n) is 4.66. The summed E-state index contributed by atoms with van der Waals surface area (Å²) in [6.45, 7) is 3.33. The number of carboxylic acids is 2. The van der Waals surface area contributed by atoms with Crippen molar-refractivity contribution in [3.63, 3.8) is 0 Å². The van der Waals surface area contributed by atoms with Gasteiger partial charge >= 0.3 is 17.9 Å². The first-order chi connectivity index (χ1) is 17.6. The van der Waals surface area contributed by atoms with E-state index < -0.39 is 23.7 Å². The molecule has 0 radical (unpaired) electrons. The van der Waals surface area contributed by atoms with Crippen LogP contribution in [0.5, 0.6) is 0 Å². The number of nitrogens with one attached hydrogen (secondary N) is 1. The Hall–Kier alpha value is -4.62. The number of oxime groups is 1. The summed E-state index contributed by atoms with van der Waals surface area (Å²) in [5.41, 5.74) is 7.08. The lowest BCUT2D eigenvalue weighted by Crippen LogP contribution is -2.48. The van der Waals surface area contributed by atoms with Crippen LogP contribution in [-0.4, -0.2) is 69.3 Å². The minimum atomic E-state index is -1.08. The van der Waals surface area contributed by atoms with Crippen LogP contribution in [0.25, 0.3) is 11.1 Å². The van der Waals surface area contributed by atoms with Crippen molar-refractivity contribution in [2.24, 2.45) is 10.9 Å². The van der Waals surface area contributed by atoms with Crippen molar-refractivity contribution in [1.29, 1.82) is 5.41 Å². The molecule has 1 aromatic carbocycles. The van der Waals surface area contributed by atoms with Crippen molar-refractivity contribution in [1.82, 2.24) is 9.97 Å². The molecule has 13 nitrogen and oxygen atoms in total. The molecule has 0 saturated carbocycles. The molecule has 198 valence electrons. The van der Waals surface area contributed by atoms with Gasteiger partial charge in [-0.1, -0.05) is 23.4 Å². The van der Waals surface area contributed by atoms with Gasteiger partial charge in [-0.15, -0.1) is 0 Å². The summed E-state index contributed by atoms with van der Waals surface area (Å²) in [6, 6.07) is 4.78. The smallest absolute Gasteiger partial charge is 0.313 e. The van der Waals surface area contributed by atoms with Crippen molar-refractivity contribution >= 4 is 35.4 Å². The summed E-state index contributed by atoms with van der Waals surface area (Å²) in [4.78, 5) is 46.3. The number of carboxylic acid groups (broad SMARTS) is 2. The highest BCUT2D eigenvalue weighted by Crippen LogP contribution is 2.26. The highest BCUT2D eigenvalue weighted by molar-refractivity contribution is 5.98. The van der Waals surface area contributed by atoms with E-state index in [-0.39, 0.29) is 37.3 Å². The van der Waals surface area contributed by atoms with Crippen LogP contribution in [-0.2, 0) is 30.6 Å². The summed E-state index contributed by atoms with van der Waals surface area (Å²) >= 11 is 0. The van der Waals surface area contributed by atoms with Gasteiger partial charge in [-0.05, 0) is 6.92 Å². The maximum absolute atomic E-state index is 14.8. The SMILES string of the molecule is CCON=C1CN(c2ncc(-c3cccc(COC(=O)CC(=N)N)c3F)cn2)C1.O=C(O)CCC(=O)O. The van der Waals surface area contributed by atoms with Gasteiger partial charge in [-0.3, -0.25) is 19.8 Å². The number of halogens is 1. The zero-order valence-corrected chi connectivity index (χ0v) is 20.0. The highest BCUT2D eigenvalue weighted by Gasteiger charge is 2.25. The third-order valence-corrected chi connectivity index (χ3v) is 4.66. The molecular weight excluding hydrogens is 491 g/mol. The quantitative estimate of drug-likeness (QED) is 0.146. The minimum Gasteiger partial charge on any atom is -0.481 e. The van der Waals surface area contributed by atoms with E-state index >= 15 is 0 Å². The van der Waals surface area contributed by atoms with Gasteiger partial charge in [0.15, 0.2) is 0 Å². The molecule has 2 heterocycles. The van der Waals surface area contributed by atoms with Crippen LogP contribution in [0.3, 0.4) is 0 Å². The number of carbonyl (C=O) groups is 3. The van der Waals surface area contributed by atoms with Gasteiger partial charge in [0, 0.05) is 29.1 Å². The Morgan fingerprint density at radius 2 is 1.78 bits per heavy atom. The van der Waals surface area contributed by atoms with E-state index in [0.29, 0.717) is 36.8 Å². The van der Waals surface area contributed by atoms with Crippen LogP contribution < -0.4 is 10.6 Å². The monoisotopic (exact) mass is 518 g/mol. The normalized spacial score (nSPS) is 11.9. The van der Waals surface area contributed by atoms with Crippen LogP contribution in [0, 0.1) is 11.2 Å². The number of benzene rings is 1. The standard InChI is InChI=1S/C19H21FN6O3.C4H6O4/c1-2-29-25-14-9-26(10-14)19-23-7-13(8-24-19)15-5-3-4-12(18(15)20)11-28-17(27)6-16(21)22;5-3(6)1-2-4(7)8/h3-5,7-8H,2,6,9-11H2,1H3,(H3,21,22);1-2H2,(H,5,6)(H,7,8). The molecule has 37 heavy (non-hydrogen) atoms. The summed E-state index contributed by atoms with van der Waals surface area (Å²) in [6.07, 6.45) is 2.17. The van der Waals surface area contributed by atoms with Crippen molar-refractivity contribution in [3.8, 4) is 11.1 Å². The van der Waals surface area contributed by atoms with Gasteiger partial charge in [0.25, 0.3) is 0 Å². The number of hydrogen-bond donors (Lipinski definition) is 4. The van der Waals surface area contributed by atoms with E-state index in [9.17, 15) is 18.8 Å². The van der Waals surface area contributed by atoms with E-state index in [1.807, 2.05) is 11.8 Å². The predicted octanol–water partition coefficient (Wildman–Crippen LogP) is 1.80. The van der Waals surface area contributed by atoms with Crippen LogP contribution in [0.15, 0.2) is 35.7 Å². The lowest BCUT2D eigenvalue weighted by Gasteiger charge is -2.31. The summed E-state index contributed by atoms with van der Waals surface area (Å²) in [5.74, 6) is -3.13. The molecule has 0 bridgehead atoms. The minimum absolute atomic E-state index is 0.211. The number of amidine groups is 1. The first-order valence-corrected chi connectivity index (χ1v) is 11.0.